The third kappa shape index (κ3) is 6.24. The van der Waals surface area contributed by atoms with E-state index in [2.05, 4.69) is 10.6 Å². The zero-order valence-electron chi connectivity index (χ0n) is 15.7. The molecule has 5 nitrogen and oxygen atoms in total. The molecule has 0 radical (unpaired) electrons. The zero-order chi connectivity index (χ0) is 19.2. The van der Waals surface area contributed by atoms with E-state index in [4.69, 9.17) is 4.74 Å². The minimum atomic E-state index is -0.823. The van der Waals surface area contributed by atoms with Gasteiger partial charge in [0.05, 0.1) is 0 Å². The Morgan fingerprint density at radius 2 is 1.62 bits per heavy atom. The molecule has 2 amide bonds. The van der Waals surface area contributed by atoms with Gasteiger partial charge in [0.2, 0.25) is 5.91 Å². The van der Waals surface area contributed by atoms with Gasteiger partial charge >= 0.3 is 6.09 Å². The first kappa shape index (κ1) is 19.5. The number of alkyl carbamates (subject to hydrolysis) is 1. The minimum absolute atomic E-state index is 0.289. The van der Waals surface area contributed by atoms with E-state index in [1.54, 1.807) is 32.9 Å². The molecular formula is C21H26N2O3. The number of carbonyl (C=O) groups excluding carboxylic acids is 2. The molecule has 0 aliphatic carbocycles. The zero-order valence-corrected chi connectivity index (χ0v) is 15.7. The Kier molecular flexibility index (Phi) is 6.39. The SMILES string of the molecule is Cc1ccc(CNC(=O)C(NC(=O)OC(C)(C)C)c2ccccc2)cc1. The Bertz CT molecular complexity index is 734. The molecule has 2 aromatic carbocycles. The minimum Gasteiger partial charge on any atom is -0.444 e. The maximum absolute atomic E-state index is 12.7. The molecule has 2 N–H and O–H groups in total. The van der Waals surface area contributed by atoms with Gasteiger partial charge in [-0.05, 0) is 38.8 Å². The summed E-state index contributed by atoms with van der Waals surface area (Å²) in [7, 11) is 0. The molecule has 5 heteroatoms. The Hall–Kier alpha value is -2.82. The van der Waals surface area contributed by atoms with Crippen molar-refractivity contribution in [3.05, 3.63) is 71.3 Å². The third-order valence-corrected chi connectivity index (χ3v) is 3.64. The van der Waals surface area contributed by atoms with E-state index in [0.717, 1.165) is 11.1 Å². The van der Waals surface area contributed by atoms with Crippen molar-refractivity contribution in [3.63, 3.8) is 0 Å². The van der Waals surface area contributed by atoms with E-state index in [1.807, 2.05) is 49.4 Å². The van der Waals surface area contributed by atoms with Crippen molar-refractivity contribution in [2.24, 2.45) is 0 Å². The molecular weight excluding hydrogens is 328 g/mol. The van der Waals surface area contributed by atoms with Crippen LogP contribution in [-0.2, 0) is 16.1 Å². The fourth-order valence-electron chi connectivity index (χ4n) is 2.37. The molecule has 138 valence electrons. The summed E-state index contributed by atoms with van der Waals surface area (Å²) < 4.78 is 5.29. The van der Waals surface area contributed by atoms with Gasteiger partial charge in [0.25, 0.3) is 0 Å². The van der Waals surface area contributed by atoms with Crippen LogP contribution in [0.2, 0.25) is 0 Å². The van der Waals surface area contributed by atoms with Gasteiger partial charge in [-0.1, -0.05) is 60.2 Å². The Morgan fingerprint density at radius 3 is 2.19 bits per heavy atom. The van der Waals surface area contributed by atoms with E-state index < -0.39 is 17.7 Å². The predicted octanol–water partition coefficient (Wildman–Crippen LogP) is 3.88. The highest BCUT2D eigenvalue weighted by Crippen LogP contribution is 2.15. The number of rotatable bonds is 5. The molecule has 26 heavy (non-hydrogen) atoms. The van der Waals surface area contributed by atoms with Gasteiger partial charge < -0.3 is 15.4 Å². The van der Waals surface area contributed by atoms with E-state index in [-0.39, 0.29) is 5.91 Å². The number of carbonyl (C=O) groups is 2. The second kappa shape index (κ2) is 8.52. The van der Waals surface area contributed by atoms with Crippen molar-refractivity contribution in [1.29, 1.82) is 0 Å². The van der Waals surface area contributed by atoms with Gasteiger partial charge in [-0.2, -0.15) is 0 Å². The summed E-state index contributed by atoms with van der Waals surface area (Å²) in [6.45, 7) is 7.74. The van der Waals surface area contributed by atoms with E-state index in [9.17, 15) is 9.59 Å². The van der Waals surface area contributed by atoms with Crippen molar-refractivity contribution in [2.75, 3.05) is 0 Å². The van der Waals surface area contributed by atoms with Crippen molar-refractivity contribution in [2.45, 2.75) is 45.9 Å². The first-order valence-corrected chi connectivity index (χ1v) is 8.62. The van der Waals surface area contributed by atoms with E-state index in [0.29, 0.717) is 12.1 Å². The highest BCUT2D eigenvalue weighted by atomic mass is 16.6. The molecule has 1 unspecified atom stereocenters. The fourth-order valence-corrected chi connectivity index (χ4v) is 2.37. The highest BCUT2D eigenvalue weighted by molar-refractivity contribution is 5.86. The van der Waals surface area contributed by atoms with Gasteiger partial charge in [-0.15, -0.1) is 0 Å². The first-order chi connectivity index (χ1) is 12.2. The van der Waals surface area contributed by atoms with Crippen LogP contribution in [0.25, 0.3) is 0 Å². The van der Waals surface area contributed by atoms with Gasteiger partial charge in [-0.3, -0.25) is 4.79 Å². The topological polar surface area (TPSA) is 67.4 Å². The lowest BCUT2D eigenvalue weighted by atomic mass is 10.1. The normalized spacial score (nSPS) is 12.2. The first-order valence-electron chi connectivity index (χ1n) is 8.62. The highest BCUT2D eigenvalue weighted by Gasteiger charge is 2.25. The molecule has 0 bridgehead atoms. The van der Waals surface area contributed by atoms with Crippen LogP contribution in [0.4, 0.5) is 4.79 Å². The van der Waals surface area contributed by atoms with E-state index in [1.165, 1.54) is 0 Å². The smallest absolute Gasteiger partial charge is 0.408 e. The van der Waals surface area contributed by atoms with Gasteiger partial charge in [0, 0.05) is 6.54 Å². The van der Waals surface area contributed by atoms with Crippen molar-refractivity contribution >= 4 is 12.0 Å². The lowest BCUT2D eigenvalue weighted by molar-refractivity contribution is -0.123. The van der Waals surface area contributed by atoms with Crippen molar-refractivity contribution in [1.82, 2.24) is 10.6 Å². The molecule has 0 aliphatic rings. The summed E-state index contributed by atoms with van der Waals surface area (Å²) in [5.74, 6) is -0.289. The molecule has 1 atom stereocenters. The van der Waals surface area contributed by atoms with Crippen LogP contribution in [-0.4, -0.2) is 17.6 Å². The molecule has 0 spiro atoms. The van der Waals surface area contributed by atoms with Crippen LogP contribution in [0.15, 0.2) is 54.6 Å². The maximum Gasteiger partial charge on any atom is 0.408 e. The summed E-state index contributed by atoms with van der Waals surface area (Å²) >= 11 is 0. The largest absolute Gasteiger partial charge is 0.444 e. The molecule has 2 rings (SSSR count). The standard InChI is InChI=1S/C21H26N2O3/c1-15-10-12-16(13-11-15)14-22-19(24)18(17-8-6-5-7-9-17)23-20(25)26-21(2,3)4/h5-13,18H,14H2,1-4H3,(H,22,24)(H,23,25). The number of aryl methyl sites for hydroxylation is 1. The second-order valence-corrected chi connectivity index (χ2v) is 7.19. The summed E-state index contributed by atoms with van der Waals surface area (Å²) in [5, 5.41) is 5.54. The number of nitrogens with one attached hydrogen (secondary N) is 2. The third-order valence-electron chi connectivity index (χ3n) is 3.64. The maximum atomic E-state index is 12.7. The van der Waals surface area contributed by atoms with Crippen LogP contribution in [0, 0.1) is 6.92 Å². The lowest BCUT2D eigenvalue weighted by Crippen LogP contribution is -2.42. The molecule has 0 saturated heterocycles. The monoisotopic (exact) mass is 354 g/mol. The number of ether oxygens (including phenoxy) is 1. The Morgan fingerprint density at radius 1 is 1.00 bits per heavy atom. The fraction of sp³-hybridized carbons (Fsp3) is 0.333. The van der Waals surface area contributed by atoms with Crippen LogP contribution < -0.4 is 10.6 Å². The summed E-state index contributed by atoms with van der Waals surface area (Å²) in [6, 6.07) is 16.2. The Balaban J connectivity index is 2.08. The Labute approximate surface area is 154 Å². The van der Waals surface area contributed by atoms with Crippen LogP contribution in [0.1, 0.15) is 43.5 Å². The summed E-state index contributed by atoms with van der Waals surface area (Å²) in [5.41, 5.74) is 2.21. The van der Waals surface area contributed by atoms with Gasteiger partial charge in [0.1, 0.15) is 11.6 Å². The number of hydrogen-bond acceptors (Lipinski definition) is 3. The average Bonchev–Trinajstić information content (AvgIpc) is 2.58. The summed E-state index contributed by atoms with van der Waals surface area (Å²) in [4.78, 5) is 24.8. The molecule has 0 fully saturated rings. The lowest BCUT2D eigenvalue weighted by Gasteiger charge is -2.23. The average molecular weight is 354 g/mol. The molecule has 0 saturated carbocycles. The summed E-state index contributed by atoms with van der Waals surface area (Å²) in [6.07, 6.45) is -0.628. The van der Waals surface area contributed by atoms with Crippen molar-refractivity contribution < 1.29 is 14.3 Å². The van der Waals surface area contributed by atoms with Gasteiger partial charge in [-0.25, -0.2) is 4.79 Å². The molecule has 2 aromatic rings. The van der Waals surface area contributed by atoms with Crippen LogP contribution >= 0.6 is 0 Å². The second-order valence-electron chi connectivity index (χ2n) is 7.19. The number of hydrogen-bond donors (Lipinski definition) is 2. The number of amides is 2. The number of benzene rings is 2. The van der Waals surface area contributed by atoms with Gasteiger partial charge in [0.15, 0.2) is 0 Å². The van der Waals surface area contributed by atoms with Crippen molar-refractivity contribution in [3.8, 4) is 0 Å². The van der Waals surface area contributed by atoms with Crippen LogP contribution in [0.5, 0.6) is 0 Å². The predicted molar refractivity (Wildman–Crippen MR) is 102 cm³/mol. The quantitative estimate of drug-likeness (QED) is 0.856. The van der Waals surface area contributed by atoms with Crippen LogP contribution in [0.3, 0.4) is 0 Å². The van der Waals surface area contributed by atoms with E-state index >= 15 is 0 Å². The molecule has 0 aromatic heterocycles. The molecule has 0 aliphatic heterocycles. The molecule has 0 heterocycles.